The number of thiophene rings is 1. The van der Waals surface area contributed by atoms with Crippen LogP contribution in [0.3, 0.4) is 0 Å². The molecule has 0 radical (unpaired) electrons. The SMILES string of the molecule is NS(=O)(=O)NCC#Cc1ccc(F)c(C(=O)N2CC(=O)N(O)C2c2csc(Br)c2)c1F. The maximum atomic E-state index is 14.9. The predicted octanol–water partition coefficient (Wildman–Crippen LogP) is 1.31. The molecule has 9 nitrogen and oxygen atoms in total. The number of hydrogen-bond donors (Lipinski definition) is 3. The fourth-order valence-electron chi connectivity index (χ4n) is 2.80. The van der Waals surface area contributed by atoms with Gasteiger partial charge in [-0.25, -0.2) is 13.9 Å². The normalized spacial score (nSPS) is 16.4. The summed E-state index contributed by atoms with van der Waals surface area (Å²) in [6, 6.07) is 3.36. The maximum Gasteiger partial charge on any atom is 0.275 e. The molecule has 0 spiro atoms. The second kappa shape index (κ2) is 8.99. The van der Waals surface area contributed by atoms with E-state index in [9.17, 15) is 32.0 Å². The molecule has 14 heteroatoms. The fourth-order valence-corrected chi connectivity index (χ4v) is 4.26. The van der Waals surface area contributed by atoms with Crippen LogP contribution < -0.4 is 9.86 Å². The highest BCUT2D eigenvalue weighted by molar-refractivity contribution is 9.11. The minimum atomic E-state index is -4.00. The first-order chi connectivity index (χ1) is 14.5. The minimum absolute atomic E-state index is 0.324. The molecule has 0 bridgehead atoms. The molecule has 0 saturated carbocycles. The van der Waals surface area contributed by atoms with Gasteiger partial charge in [-0.05, 0) is 39.5 Å². The van der Waals surface area contributed by atoms with Crippen LogP contribution in [-0.2, 0) is 15.0 Å². The molecule has 2 amide bonds. The summed E-state index contributed by atoms with van der Waals surface area (Å²) in [6.45, 7) is -1.03. The Morgan fingerprint density at radius 3 is 2.74 bits per heavy atom. The van der Waals surface area contributed by atoms with Crippen LogP contribution in [0.25, 0.3) is 0 Å². The number of amides is 2. The maximum absolute atomic E-state index is 14.9. The third-order valence-corrected chi connectivity index (χ3v) is 6.19. The smallest absolute Gasteiger partial charge is 0.275 e. The van der Waals surface area contributed by atoms with E-state index in [1.807, 2.05) is 4.72 Å². The number of carbonyl (C=O) groups excluding carboxylic acids is 2. The van der Waals surface area contributed by atoms with Gasteiger partial charge in [0, 0.05) is 5.56 Å². The third-order valence-electron chi connectivity index (χ3n) is 4.12. The molecule has 1 unspecified atom stereocenters. The van der Waals surface area contributed by atoms with E-state index >= 15 is 0 Å². The summed E-state index contributed by atoms with van der Waals surface area (Å²) in [7, 11) is -4.00. The van der Waals surface area contributed by atoms with E-state index in [1.54, 1.807) is 11.4 Å². The first-order valence-electron chi connectivity index (χ1n) is 8.29. The van der Waals surface area contributed by atoms with Crippen molar-refractivity contribution in [2.45, 2.75) is 6.17 Å². The molecule has 1 aliphatic rings. The van der Waals surface area contributed by atoms with Gasteiger partial charge >= 0.3 is 0 Å². The van der Waals surface area contributed by atoms with Crippen molar-refractivity contribution in [1.29, 1.82) is 0 Å². The Bertz CT molecular complexity index is 1220. The molecule has 1 fully saturated rings. The van der Waals surface area contributed by atoms with E-state index in [-0.39, 0.29) is 5.56 Å². The summed E-state index contributed by atoms with van der Waals surface area (Å²) in [5, 5.41) is 16.7. The second-order valence-electron chi connectivity index (χ2n) is 6.18. The number of hydroxylamine groups is 2. The van der Waals surface area contributed by atoms with Crippen molar-refractivity contribution in [1.82, 2.24) is 14.7 Å². The predicted molar refractivity (Wildman–Crippen MR) is 109 cm³/mol. The highest BCUT2D eigenvalue weighted by Gasteiger charge is 2.43. The van der Waals surface area contributed by atoms with Crippen LogP contribution in [0, 0.1) is 23.5 Å². The van der Waals surface area contributed by atoms with Gasteiger partial charge in [0.15, 0.2) is 12.0 Å². The van der Waals surface area contributed by atoms with Crippen LogP contribution in [0.15, 0.2) is 27.4 Å². The van der Waals surface area contributed by atoms with Crippen LogP contribution in [-0.4, -0.2) is 48.5 Å². The van der Waals surface area contributed by atoms with Gasteiger partial charge in [-0.1, -0.05) is 11.8 Å². The molecular weight excluding hydrogens is 522 g/mol. The lowest BCUT2D eigenvalue weighted by molar-refractivity contribution is -0.168. The van der Waals surface area contributed by atoms with Gasteiger partial charge < -0.3 is 4.90 Å². The number of rotatable bonds is 4. The zero-order valence-electron chi connectivity index (χ0n) is 15.3. The Labute approximate surface area is 187 Å². The molecule has 1 saturated heterocycles. The van der Waals surface area contributed by atoms with Gasteiger partial charge in [0.25, 0.3) is 22.0 Å². The lowest BCUT2D eigenvalue weighted by atomic mass is 10.1. The molecule has 164 valence electrons. The number of hydrogen-bond acceptors (Lipinski definition) is 6. The van der Waals surface area contributed by atoms with E-state index in [0.29, 0.717) is 14.4 Å². The van der Waals surface area contributed by atoms with Crippen molar-refractivity contribution in [3.63, 3.8) is 0 Å². The number of nitrogens with two attached hydrogens (primary N) is 1. The van der Waals surface area contributed by atoms with Gasteiger partial charge in [0.05, 0.1) is 15.9 Å². The van der Waals surface area contributed by atoms with Crippen LogP contribution in [0.4, 0.5) is 8.78 Å². The van der Waals surface area contributed by atoms with E-state index in [0.717, 1.165) is 17.0 Å². The second-order valence-corrected chi connectivity index (χ2v) is 9.85. The summed E-state index contributed by atoms with van der Waals surface area (Å²) < 4.78 is 53.5. The summed E-state index contributed by atoms with van der Waals surface area (Å²) >= 11 is 4.47. The molecule has 3 rings (SSSR count). The number of carbonyl (C=O) groups is 2. The lowest BCUT2D eigenvalue weighted by Crippen LogP contribution is -2.35. The van der Waals surface area contributed by atoms with Crippen molar-refractivity contribution in [2.24, 2.45) is 5.14 Å². The van der Waals surface area contributed by atoms with Crippen LogP contribution >= 0.6 is 27.3 Å². The highest BCUT2D eigenvalue weighted by Crippen LogP contribution is 2.35. The number of benzene rings is 1. The van der Waals surface area contributed by atoms with Crippen molar-refractivity contribution in [3.05, 3.63) is 55.7 Å². The summed E-state index contributed by atoms with van der Waals surface area (Å²) in [5.41, 5.74) is -0.972. The Balaban J connectivity index is 1.95. The topological polar surface area (TPSA) is 133 Å². The fraction of sp³-hybridized carbons (Fsp3) is 0.176. The van der Waals surface area contributed by atoms with Gasteiger partial charge in [0.2, 0.25) is 0 Å². The highest BCUT2D eigenvalue weighted by atomic mass is 79.9. The zero-order chi connectivity index (χ0) is 22.9. The van der Waals surface area contributed by atoms with E-state index in [4.69, 9.17) is 5.14 Å². The van der Waals surface area contributed by atoms with E-state index in [2.05, 4.69) is 27.8 Å². The van der Waals surface area contributed by atoms with Crippen LogP contribution in [0.1, 0.15) is 27.7 Å². The molecule has 2 heterocycles. The molecule has 2 aromatic rings. The number of nitrogens with one attached hydrogen (secondary N) is 1. The summed E-state index contributed by atoms with van der Waals surface area (Å²) in [4.78, 5) is 25.8. The Hall–Kier alpha value is -2.41. The van der Waals surface area contributed by atoms with Gasteiger partial charge in [-0.3, -0.25) is 14.8 Å². The molecule has 4 N–H and O–H groups in total. The monoisotopic (exact) mass is 534 g/mol. The molecule has 31 heavy (non-hydrogen) atoms. The van der Waals surface area contributed by atoms with E-state index in [1.165, 1.54) is 11.3 Å². The molecule has 1 aromatic heterocycles. The van der Waals surface area contributed by atoms with Crippen molar-refractivity contribution in [3.8, 4) is 11.8 Å². The molecule has 0 aliphatic carbocycles. The van der Waals surface area contributed by atoms with Gasteiger partial charge in [0.1, 0.15) is 17.9 Å². The number of nitrogens with zero attached hydrogens (tertiary/aromatic N) is 2. The lowest BCUT2D eigenvalue weighted by Gasteiger charge is -2.25. The van der Waals surface area contributed by atoms with Crippen LogP contribution in [0.2, 0.25) is 0 Å². The molecule has 1 atom stereocenters. The van der Waals surface area contributed by atoms with Crippen molar-refractivity contribution < 1.29 is 32.0 Å². The Kier molecular flexibility index (Phi) is 6.74. The van der Waals surface area contributed by atoms with Gasteiger partial charge in [-0.2, -0.15) is 18.2 Å². The van der Waals surface area contributed by atoms with E-state index < -0.39 is 58.5 Å². The average molecular weight is 535 g/mol. The first kappa shape index (κ1) is 23.3. The molecule has 1 aromatic carbocycles. The molecular formula is C17H13BrF2N4O5S2. The largest absolute Gasteiger partial charge is 0.302 e. The standard InChI is InChI=1S/C17H13BrF2N4O5S2/c18-12-6-10(8-30-12)16-23(7-13(25)24(16)27)17(26)14-11(19)4-3-9(15(14)20)2-1-5-22-31(21,28)29/h3-4,6,8,16,22,27H,5,7H2,(H2,21,28,29). The summed E-state index contributed by atoms with van der Waals surface area (Å²) in [6.07, 6.45) is -1.27. The average Bonchev–Trinajstić information content (AvgIpc) is 3.22. The summed E-state index contributed by atoms with van der Waals surface area (Å²) in [5.74, 6) is 0.103. The quantitative estimate of drug-likeness (QED) is 0.401. The van der Waals surface area contributed by atoms with Crippen LogP contribution in [0.5, 0.6) is 0 Å². The number of halogens is 3. The first-order valence-corrected chi connectivity index (χ1v) is 11.5. The van der Waals surface area contributed by atoms with Crippen molar-refractivity contribution in [2.75, 3.05) is 13.1 Å². The zero-order valence-corrected chi connectivity index (χ0v) is 18.5. The Morgan fingerprint density at radius 1 is 1.42 bits per heavy atom. The molecule has 1 aliphatic heterocycles. The van der Waals surface area contributed by atoms with Gasteiger partial charge in [-0.15, -0.1) is 11.3 Å². The third kappa shape index (κ3) is 5.09. The van der Waals surface area contributed by atoms with Crippen molar-refractivity contribution >= 4 is 49.3 Å². The Morgan fingerprint density at radius 2 is 2.13 bits per heavy atom. The minimum Gasteiger partial charge on any atom is -0.302 e.